The first-order chi connectivity index (χ1) is 18.6. The first-order valence-electron chi connectivity index (χ1n) is 14.3. The number of hydrogen-bond acceptors (Lipinski definition) is 6. The van der Waals surface area contributed by atoms with Crippen molar-refractivity contribution >= 4 is 17.9 Å². The van der Waals surface area contributed by atoms with Crippen LogP contribution in [0, 0.1) is 0 Å². The smallest absolute Gasteiger partial charge is 0.414 e. The second-order valence-corrected chi connectivity index (χ2v) is 12.2. The van der Waals surface area contributed by atoms with Gasteiger partial charge in [0.1, 0.15) is 11.4 Å². The Bertz CT molecular complexity index is 1210. The molecular weight excluding hydrogens is 496 g/mol. The number of likely N-dealkylation sites (tertiary alicyclic amines) is 1. The molecule has 2 fully saturated rings. The normalized spacial score (nSPS) is 23.6. The van der Waals surface area contributed by atoms with E-state index in [0.29, 0.717) is 6.54 Å². The Kier molecular flexibility index (Phi) is 7.53. The largest absolute Gasteiger partial charge is 0.489 e. The Balaban J connectivity index is 1.40. The summed E-state index contributed by atoms with van der Waals surface area (Å²) in [5.74, 6) is 0.866. The van der Waals surface area contributed by atoms with Crippen LogP contribution in [0.25, 0.3) is 11.1 Å². The SMILES string of the molecule is COC(=O)N1c2ccc(-c3cnn([C@H]4CCN(C(=O)OC(C)(C)C)[C@@H](C)C4)c3)c(OC3CCC3)c2CC[C@@H]1C. The molecule has 0 spiro atoms. The summed E-state index contributed by atoms with van der Waals surface area (Å²) < 4.78 is 19.4. The van der Waals surface area contributed by atoms with Crippen LogP contribution in [0.2, 0.25) is 0 Å². The molecular formula is C30H42N4O5. The number of carbonyl (C=O) groups excluding carboxylic acids is 2. The minimum absolute atomic E-state index is 0.0544. The highest BCUT2D eigenvalue weighted by Crippen LogP contribution is 2.45. The number of fused-ring (bicyclic) bond motifs is 1. The monoisotopic (exact) mass is 538 g/mol. The van der Waals surface area contributed by atoms with E-state index >= 15 is 0 Å². The molecule has 5 rings (SSSR count). The zero-order chi connectivity index (χ0) is 27.9. The van der Waals surface area contributed by atoms with Gasteiger partial charge in [-0.15, -0.1) is 0 Å². The number of methoxy groups -OCH3 is 1. The highest BCUT2D eigenvalue weighted by atomic mass is 16.6. The number of amides is 2. The van der Waals surface area contributed by atoms with Gasteiger partial charge in [0.2, 0.25) is 0 Å². The molecule has 1 saturated carbocycles. The standard InChI is InChI=1S/C30H42N4O5/c1-19-10-11-25-26(34(19)29(36)37-6)13-12-24(27(25)38-23-8-7-9-23)21-17-31-33(18-21)22-14-15-32(20(2)16-22)28(35)39-30(3,4)5/h12-13,17-20,22-23H,7-11,14-16H2,1-6H3/t19-,20-,22-/m0/s1. The van der Waals surface area contributed by atoms with Crippen molar-refractivity contribution in [2.45, 2.75) is 109 Å². The van der Waals surface area contributed by atoms with Crippen molar-refractivity contribution in [3.05, 3.63) is 30.1 Å². The van der Waals surface area contributed by atoms with Gasteiger partial charge < -0.3 is 19.1 Å². The highest BCUT2D eigenvalue weighted by molar-refractivity contribution is 5.92. The van der Waals surface area contributed by atoms with Crippen LogP contribution in [-0.4, -0.2) is 64.3 Å². The van der Waals surface area contributed by atoms with Crippen LogP contribution in [0.5, 0.6) is 5.75 Å². The molecule has 2 amide bonds. The maximum atomic E-state index is 12.7. The zero-order valence-corrected chi connectivity index (χ0v) is 24.1. The van der Waals surface area contributed by atoms with Gasteiger partial charge in [0.05, 0.1) is 31.1 Å². The van der Waals surface area contributed by atoms with Crippen LogP contribution >= 0.6 is 0 Å². The van der Waals surface area contributed by atoms with E-state index in [0.717, 1.165) is 66.7 Å². The van der Waals surface area contributed by atoms with E-state index in [2.05, 4.69) is 26.1 Å². The fourth-order valence-electron chi connectivity index (χ4n) is 5.85. The summed E-state index contributed by atoms with van der Waals surface area (Å²) in [6.45, 7) is 10.4. The van der Waals surface area contributed by atoms with Crippen molar-refractivity contribution in [3.63, 3.8) is 0 Å². The van der Waals surface area contributed by atoms with E-state index in [1.165, 1.54) is 13.5 Å². The number of anilines is 1. The van der Waals surface area contributed by atoms with E-state index in [1.807, 2.05) is 42.6 Å². The second kappa shape index (κ2) is 10.7. The molecule has 2 aromatic rings. The molecule has 0 N–H and O–H groups in total. The third-order valence-electron chi connectivity index (χ3n) is 8.22. The van der Waals surface area contributed by atoms with E-state index in [1.54, 1.807) is 4.90 Å². The first-order valence-corrected chi connectivity index (χ1v) is 14.3. The molecule has 0 radical (unpaired) electrons. The predicted octanol–water partition coefficient (Wildman–Crippen LogP) is 6.35. The fourth-order valence-corrected chi connectivity index (χ4v) is 5.85. The Morgan fingerprint density at radius 3 is 2.44 bits per heavy atom. The Hall–Kier alpha value is -3.23. The highest BCUT2D eigenvalue weighted by Gasteiger charge is 2.35. The van der Waals surface area contributed by atoms with Crippen LogP contribution in [0.4, 0.5) is 15.3 Å². The number of nitrogens with zero attached hydrogens (tertiary/aromatic N) is 4. The molecule has 0 unspecified atom stereocenters. The lowest BCUT2D eigenvalue weighted by molar-refractivity contribution is 0.00729. The van der Waals surface area contributed by atoms with Crippen molar-refractivity contribution in [1.82, 2.24) is 14.7 Å². The van der Waals surface area contributed by atoms with Crippen molar-refractivity contribution in [2.24, 2.45) is 0 Å². The van der Waals surface area contributed by atoms with Gasteiger partial charge in [0.25, 0.3) is 0 Å². The third kappa shape index (κ3) is 5.58. The summed E-state index contributed by atoms with van der Waals surface area (Å²) in [7, 11) is 1.43. The van der Waals surface area contributed by atoms with Crippen molar-refractivity contribution in [2.75, 3.05) is 18.6 Å². The minimum Gasteiger partial charge on any atom is -0.489 e. The van der Waals surface area contributed by atoms with Gasteiger partial charge in [-0.25, -0.2) is 9.59 Å². The molecule has 1 aliphatic carbocycles. The third-order valence-corrected chi connectivity index (χ3v) is 8.22. The molecule has 1 saturated heterocycles. The number of benzene rings is 1. The molecule has 0 bridgehead atoms. The Labute approximate surface area is 231 Å². The van der Waals surface area contributed by atoms with E-state index in [4.69, 9.17) is 19.3 Å². The quantitative estimate of drug-likeness (QED) is 0.451. The van der Waals surface area contributed by atoms with Gasteiger partial charge in [-0.1, -0.05) is 0 Å². The van der Waals surface area contributed by atoms with Gasteiger partial charge in [-0.3, -0.25) is 9.58 Å². The Morgan fingerprint density at radius 2 is 1.79 bits per heavy atom. The lowest BCUT2D eigenvalue weighted by Gasteiger charge is -2.38. The summed E-state index contributed by atoms with van der Waals surface area (Å²) in [6, 6.07) is 4.37. The lowest BCUT2D eigenvalue weighted by Crippen LogP contribution is -2.47. The van der Waals surface area contributed by atoms with E-state index < -0.39 is 5.60 Å². The molecule has 39 heavy (non-hydrogen) atoms. The van der Waals surface area contributed by atoms with Crippen LogP contribution in [0.1, 0.15) is 84.7 Å². The summed E-state index contributed by atoms with van der Waals surface area (Å²) in [5, 5.41) is 4.76. The molecule has 9 heteroatoms. The predicted molar refractivity (Wildman–Crippen MR) is 149 cm³/mol. The van der Waals surface area contributed by atoms with E-state index in [9.17, 15) is 9.59 Å². The molecule has 3 atom stereocenters. The van der Waals surface area contributed by atoms with Crippen molar-refractivity contribution in [1.29, 1.82) is 0 Å². The van der Waals surface area contributed by atoms with Crippen LogP contribution in [0.15, 0.2) is 24.5 Å². The molecule has 3 heterocycles. The molecule has 1 aromatic carbocycles. The van der Waals surface area contributed by atoms with Gasteiger partial charge in [0.15, 0.2) is 0 Å². The number of piperidine rings is 1. The minimum atomic E-state index is -0.509. The number of aromatic nitrogens is 2. The average Bonchev–Trinajstić information content (AvgIpc) is 3.34. The lowest BCUT2D eigenvalue weighted by atomic mass is 9.91. The maximum absolute atomic E-state index is 12.7. The van der Waals surface area contributed by atoms with Crippen molar-refractivity contribution < 1.29 is 23.8 Å². The number of carbonyl (C=O) groups is 2. The van der Waals surface area contributed by atoms with Crippen LogP contribution in [0.3, 0.4) is 0 Å². The summed E-state index contributed by atoms with van der Waals surface area (Å²) in [5.41, 5.74) is 3.43. The number of hydrogen-bond donors (Lipinski definition) is 0. The summed E-state index contributed by atoms with van der Waals surface area (Å²) >= 11 is 0. The zero-order valence-electron chi connectivity index (χ0n) is 24.1. The first kappa shape index (κ1) is 27.3. The summed E-state index contributed by atoms with van der Waals surface area (Å²) in [6.07, 6.45) is 10.2. The maximum Gasteiger partial charge on any atom is 0.414 e. The fraction of sp³-hybridized carbons (Fsp3) is 0.633. The second-order valence-electron chi connectivity index (χ2n) is 12.2. The molecule has 212 valence electrons. The van der Waals surface area contributed by atoms with Crippen LogP contribution < -0.4 is 9.64 Å². The molecule has 1 aromatic heterocycles. The van der Waals surface area contributed by atoms with Gasteiger partial charge in [0, 0.05) is 41.5 Å². The van der Waals surface area contributed by atoms with E-state index in [-0.39, 0.29) is 36.4 Å². The summed E-state index contributed by atoms with van der Waals surface area (Å²) in [4.78, 5) is 28.9. The Morgan fingerprint density at radius 1 is 1.03 bits per heavy atom. The molecule has 2 aliphatic heterocycles. The molecule has 9 nitrogen and oxygen atoms in total. The van der Waals surface area contributed by atoms with Gasteiger partial charge >= 0.3 is 12.2 Å². The molecule has 3 aliphatic rings. The topological polar surface area (TPSA) is 86.1 Å². The van der Waals surface area contributed by atoms with Gasteiger partial charge in [-0.2, -0.15) is 5.10 Å². The van der Waals surface area contributed by atoms with Crippen LogP contribution in [-0.2, 0) is 15.9 Å². The average molecular weight is 539 g/mol. The number of rotatable bonds is 4. The van der Waals surface area contributed by atoms with Crippen molar-refractivity contribution in [3.8, 4) is 16.9 Å². The van der Waals surface area contributed by atoms with Gasteiger partial charge in [-0.05, 0) is 91.7 Å². The number of ether oxygens (including phenoxy) is 3.